The molecule has 0 spiro atoms. The zero-order chi connectivity index (χ0) is 16.5. The Hall–Kier alpha value is -2.56. The fourth-order valence-electron chi connectivity index (χ4n) is 2.17. The Morgan fingerprint density at radius 1 is 1.17 bits per heavy atom. The summed E-state index contributed by atoms with van der Waals surface area (Å²) in [7, 11) is 1.62. The van der Waals surface area contributed by atoms with Crippen LogP contribution in [0.3, 0.4) is 0 Å². The first-order chi connectivity index (χ1) is 11.2. The van der Waals surface area contributed by atoms with Gasteiger partial charge < -0.3 is 15.4 Å². The van der Waals surface area contributed by atoms with Gasteiger partial charge in [0.05, 0.1) is 18.4 Å². The van der Waals surface area contributed by atoms with Gasteiger partial charge in [0, 0.05) is 12.7 Å². The first-order valence-corrected chi connectivity index (χ1v) is 7.89. The zero-order valence-corrected chi connectivity index (χ0v) is 13.6. The molecule has 0 atom stereocenters. The van der Waals surface area contributed by atoms with Crippen LogP contribution in [0.25, 0.3) is 0 Å². The van der Waals surface area contributed by atoms with Gasteiger partial charge in [-0.1, -0.05) is 31.9 Å². The Labute approximate surface area is 137 Å². The molecule has 1 aromatic heterocycles. The number of pyridine rings is 1. The van der Waals surface area contributed by atoms with Gasteiger partial charge in [0.15, 0.2) is 0 Å². The van der Waals surface area contributed by atoms with Crippen LogP contribution in [-0.4, -0.2) is 24.5 Å². The minimum absolute atomic E-state index is 0.0857. The standard InChI is InChI=1S/C18H23N3O2/c1-3-4-7-12-19-18(22)14-10-11-17(20-13-14)21-15-8-5-6-9-16(15)23-2/h5-6,8-11,13H,3-4,7,12H2,1-2H3,(H,19,22)(H,20,21). The van der Waals surface area contributed by atoms with Crippen LogP contribution in [-0.2, 0) is 0 Å². The van der Waals surface area contributed by atoms with Crippen LogP contribution >= 0.6 is 0 Å². The van der Waals surface area contributed by atoms with Crippen molar-refractivity contribution in [1.82, 2.24) is 10.3 Å². The molecule has 0 radical (unpaired) electrons. The Bertz CT molecular complexity index is 626. The minimum Gasteiger partial charge on any atom is -0.495 e. The van der Waals surface area contributed by atoms with E-state index in [4.69, 9.17) is 4.74 Å². The summed E-state index contributed by atoms with van der Waals surface area (Å²) in [4.78, 5) is 16.3. The van der Waals surface area contributed by atoms with Gasteiger partial charge >= 0.3 is 0 Å². The molecule has 2 N–H and O–H groups in total. The Balaban J connectivity index is 1.95. The number of rotatable bonds is 8. The van der Waals surface area contributed by atoms with E-state index in [2.05, 4.69) is 22.5 Å². The second-order valence-corrected chi connectivity index (χ2v) is 5.22. The van der Waals surface area contributed by atoms with Gasteiger partial charge in [0.1, 0.15) is 11.6 Å². The largest absolute Gasteiger partial charge is 0.495 e. The van der Waals surface area contributed by atoms with Crippen molar-refractivity contribution in [3.8, 4) is 5.75 Å². The van der Waals surface area contributed by atoms with Gasteiger partial charge in [-0.3, -0.25) is 4.79 Å². The number of nitrogens with zero attached hydrogens (tertiary/aromatic N) is 1. The molecule has 122 valence electrons. The topological polar surface area (TPSA) is 63.2 Å². The maximum Gasteiger partial charge on any atom is 0.252 e. The lowest BCUT2D eigenvalue weighted by atomic mass is 10.2. The molecule has 0 aliphatic rings. The van der Waals surface area contributed by atoms with Crippen molar-refractivity contribution in [3.05, 3.63) is 48.2 Å². The number of methoxy groups -OCH3 is 1. The molecular weight excluding hydrogens is 290 g/mol. The number of aromatic nitrogens is 1. The number of hydrogen-bond donors (Lipinski definition) is 2. The van der Waals surface area contributed by atoms with Crippen molar-refractivity contribution in [2.75, 3.05) is 19.0 Å². The summed E-state index contributed by atoms with van der Waals surface area (Å²) in [6.07, 6.45) is 4.84. The Morgan fingerprint density at radius 3 is 2.70 bits per heavy atom. The van der Waals surface area contributed by atoms with E-state index in [1.165, 1.54) is 0 Å². The SMILES string of the molecule is CCCCCNC(=O)c1ccc(Nc2ccccc2OC)nc1. The molecular formula is C18H23N3O2. The van der Waals surface area contributed by atoms with Gasteiger partial charge in [-0.25, -0.2) is 4.98 Å². The van der Waals surface area contributed by atoms with Gasteiger partial charge in [-0.15, -0.1) is 0 Å². The third-order valence-electron chi connectivity index (χ3n) is 3.46. The minimum atomic E-state index is -0.0857. The van der Waals surface area contributed by atoms with Crippen molar-refractivity contribution >= 4 is 17.4 Å². The molecule has 1 amide bonds. The van der Waals surface area contributed by atoms with Gasteiger partial charge in [0.25, 0.3) is 5.91 Å². The average molecular weight is 313 g/mol. The van der Waals surface area contributed by atoms with Crippen LogP contribution in [0, 0.1) is 0 Å². The second-order valence-electron chi connectivity index (χ2n) is 5.22. The van der Waals surface area contributed by atoms with E-state index < -0.39 is 0 Å². The highest BCUT2D eigenvalue weighted by atomic mass is 16.5. The predicted octanol–water partition coefficient (Wildman–Crippen LogP) is 3.75. The molecule has 1 heterocycles. The van der Waals surface area contributed by atoms with Crippen LogP contribution in [0.2, 0.25) is 0 Å². The van der Waals surface area contributed by atoms with Crippen molar-refractivity contribution in [3.63, 3.8) is 0 Å². The highest BCUT2D eigenvalue weighted by molar-refractivity contribution is 5.94. The molecule has 23 heavy (non-hydrogen) atoms. The normalized spacial score (nSPS) is 10.2. The Kier molecular flexibility index (Phi) is 6.41. The number of ether oxygens (including phenoxy) is 1. The number of anilines is 2. The number of unbranched alkanes of at least 4 members (excludes halogenated alkanes) is 2. The quantitative estimate of drug-likeness (QED) is 0.729. The highest BCUT2D eigenvalue weighted by Crippen LogP contribution is 2.25. The fraction of sp³-hybridized carbons (Fsp3) is 0.333. The molecule has 5 nitrogen and oxygen atoms in total. The van der Waals surface area contributed by atoms with Crippen molar-refractivity contribution in [1.29, 1.82) is 0 Å². The summed E-state index contributed by atoms with van der Waals surface area (Å²) in [5.74, 6) is 1.32. The molecule has 2 aromatic rings. The smallest absolute Gasteiger partial charge is 0.252 e. The van der Waals surface area contributed by atoms with Crippen LogP contribution in [0.5, 0.6) is 5.75 Å². The Morgan fingerprint density at radius 2 is 2.00 bits per heavy atom. The molecule has 0 fully saturated rings. The fourth-order valence-corrected chi connectivity index (χ4v) is 2.17. The first kappa shape index (κ1) is 16.8. The molecule has 5 heteroatoms. The van der Waals surface area contributed by atoms with E-state index in [-0.39, 0.29) is 5.91 Å². The molecule has 0 saturated carbocycles. The van der Waals surface area contributed by atoms with Crippen molar-refractivity contribution < 1.29 is 9.53 Å². The van der Waals surface area contributed by atoms with E-state index in [0.717, 1.165) is 30.7 Å². The number of benzene rings is 1. The van der Waals surface area contributed by atoms with Gasteiger partial charge in [0.2, 0.25) is 0 Å². The zero-order valence-electron chi connectivity index (χ0n) is 13.6. The van der Waals surface area contributed by atoms with Crippen molar-refractivity contribution in [2.45, 2.75) is 26.2 Å². The van der Waals surface area contributed by atoms with Crippen LogP contribution in [0.4, 0.5) is 11.5 Å². The second kappa shape index (κ2) is 8.78. The summed E-state index contributed by atoms with van der Waals surface area (Å²) in [5, 5.41) is 6.08. The highest BCUT2D eigenvalue weighted by Gasteiger charge is 2.07. The third kappa shape index (κ3) is 4.98. The number of carbonyl (C=O) groups excluding carboxylic acids is 1. The molecule has 0 aliphatic carbocycles. The van der Waals surface area contributed by atoms with Crippen LogP contribution < -0.4 is 15.4 Å². The van der Waals surface area contributed by atoms with Crippen LogP contribution in [0.1, 0.15) is 36.5 Å². The first-order valence-electron chi connectivity index (χ1n) is 7.89. The third-order valence-corrected chi connectivity index (χ3v) is 3.46. The molecule has 0 unspecified atom stereocenters. The van der Waals surface area contributed by atoms with Crippen molar-refractivity contribution in [2.24, 2.45) is 0 Å². The maximum absolute atomic E-state index is 12.0. The number of carbonyl (C=O) groups is 1. The van der Waals surface area contributed by atoms with Gasteiger partial charge in [-0.05, 0) is 30.7 Å². The molecule has 2 rings (SSSR count). The molecule has 0 saturated heterocycles. The monoisotopic (exact) mass is 313 g/mol. The summed E-state index contributed by atoms with van der Waals surface area (Å²) in [6.45, 7) is 2.84. The molecule has 0 bridgehead atoms. The maximum atomic E-state index is 12.0. The van der Waals surface area contributed by atoms with E-state index in [0.29, 0.717) is 17.9 Å². The van der Waals surface area contributed by atoms with Gasteiger partial charge in [-0.2, -0.15) is 0 Å². The summed E-state index contributed by atoms with van der Waals surface area (Å²) in [5.41, 5.74) is 1.39. The molecule has 1 aromatic carbocycles. The number of hydrogen-bond acceptors (Lipinski definition) is 4. The summed E-state index contributed by atoms with van der Waals surface area (Å²) < 4.78 is 5.29. The summed E-state index contributed by atoms with van der Waals surface area (Å²) in [6, 6.07) is 11.2. The average Bonchev–Trinajstić information content (AvgIpc) is 2.59. The van der Waals surface area contributed by atoms with E-state index in [1.54, 1.807) is 25.4 Å². The predicted molar refractivity (Wildman–Crippen MR) is 92.4 cm³/mol. The number of amides is 1. The lowest BCUT2D eigenvalue weighted by Crippen LogP contribution is -2.24. The van der Waals surface area contributed by atoms with Crippen LogP contribution in [0.15, 0.2) is 42.6 Å². The van der Waals surface area contributed by atoms with E-state index in [9.17, 15) is 4.79 Å². The summed E-state index contributed by atoms with van der Waals surface area (Å²) >= 11 is 0. The number of para-hydroxylation sites is 2. The lowest BCUT2D eigenvalue weighted by Gasteiger charge is -2.10. The molecule has 0 aliphatic heterocycles. The lowest BCUT2D eigenvalue weighted by molar-refractivity contribution is 0.0952. The van der Waals surface area contributed by atoms with E-state index in [1.807, 2.05) is 24.3 Å². The number of nitrogens with one attached hydrogen (secondary N) is 2. The van der Waals surface area contributed by atoms with E-state index >= 15 is 0 Å².